The second kappa shape index (κ2) is 11.6. The molecule has 1 amide bonds. The molecule has 0 bridgehead atoms. The number of aromatic nitrogens is 2. The lowest BCUT2D eigenvalue weighted by Crippen LogP contribution is -2.28. The number of nitrogens with one attached hydrogen (secondary N) is 2. The minimum Gasteiger partial charge on any atom is -0.476 e. The fourth-order valence-corrected chi connectivity index (χ4v) is 4.83. The maximum absolute atomic E-state index is 13.3. The number of carboxylic acid groups (broad SMARTS) is 1. The van der Waals surface area contributed by atoms with E-state index in [9.17, 15) is 23.1 Å². The molecule has 198 valence electrons. The van der Waals surface area contributed by atoms with Gasteiger partial charge in [-0.2, -0.15) is 9.78 Å². The molecule has 0 saturated heterocycles. The summed E-state index contributed by atoms with van der Waals surface area (Å²) < 4.78 is 36.5. The fourth-order valence-electron chi connectivity index (χ4n) is 3.47. The van der Waals surface area contributed by atoms with Crippen molar-refractivity contribution in [2.24, 2.45) is 11.8 Å². The summed E-state index contributed by atoms with van der Waals surface area (Å²) in [4.78, 5) is 23.9. The molecule has 11 heteroatoms. The molecule has 0 spiro atoms. The molecule has 0 fully saturated rings. The number of ether oxygens (including phenoxy) is 1. The van der Waals surface area contributed by atoms with Crippen molar-refractivity contribution >= 4 is 27.6 Å². The molecule has 1 aromatic heterocycles. The Morgan fingerprint density at radius 1 is 1.05 bits per heavy atom. The molecule has 37 heavy (non-hydrogen) atoms. The highest BCUT2D eigenvalue weighted by molar-refractivity contribution is 7.89. The van der Waals surface area contributed by atoms with Crippen molar-refractivity contribution in [2.45, 2.75) is 45.9 Å². The summed E-state index contributed by atoms with van der Waals surface area (Å²) >= 11 is 0. The maximum Gasteiger partial charge on any atom is 0.356 e. The number of hydrogen-bond donors (Lipinski definition) is 3. The number of hydrogen-bond acceptors (Lipinski definition) is 6. The first-order valence-corrected chi connectivity index (χ1v) is 13.4. The van der Waals surface area contributed by atoms with E-state index in [0.29, 0.717) is 11.4 Å². The molecular formula is C26H32N4O6S. The number of para-hydroxylation sites is 1. The lowest BCUT2D eigenvalue weighted by molar-refractivity contribution is -0.116. The van der Waals surface area contributed by atoms with Gasteiger partial charge in [0.05, 0.1) is 5.69 Å². The Labute approximate surface area is 216 Å². The van der Waals surface area contributed by atoms with Crippen LogP contribution in [-0.2, 0) is 14.8 Å². The van der Waals surface area contributed by atoms with Gasteiger partial charge in [-0.15, -0.1) is 0 Å². The van der Waals surface area contributed by atoms with Crippen LogP contribution in [0.3, 0.4) is 0 Å². The summed E-state index contributed by atoms with van der Waals surface area (Å²) in [6.07, 6.45) is 0.277. The summed E-state index contributed by atoms with van der Waals surface area (Å²) in [6.45, 7) is 9.29. The molecule has 0 aliphatic carbocycles. The molecule has 0 unspecified atom stereocenters. The zero-order valence-electron chi connectivity index (χ0n) is 21.5. The highest BCUT2D eigenvalue weighted by Gasteiger charge is 2.26. The summed E-state index contributed by atoms with van der Waals surface area (Å²) in [5, 5.41) is 16.5. The zero-order chi connectivity index (χ0) is 27.3. The SMILES string of the molecule is Cc1c(C(=O)O)nn(-c2ccccc2)c1Oc1ccc(NC(=O)CC(C)C)cc1S(=O)(=O)NCC(C)C. The Balaban J connectivity index is 2.11. The third-order valence-corrected chi connectivity index (χ3v) is 6.72. The van der Waals surface area contributed by atoms with Crippen LogP contribution in [0, 0.1) is 18.8 Å². The molecule has 1 heterocycles. The third kappa shape index (κ3) is 6.95. The normalized spacial score (nSPS) is 11.6. The van der Waals surface area contributed by atoms with Crippen LogP contribution in [0.2, 0.25) is 0 Å². The van der Waals surface area contributed by atoms with Gasteiger partial charge in [-0.25, -0.2) is 17.9 Å². The molecule has 2 aromatic carbocycles. The number of benzene rings is 2. The van der Waals surface area contributed by atoms with Crippen molar-refractivity contribution in [3.8, 4) is 17.3 Å². The first kappa shape index (κ1) is 27.9. The number of rotatable bonds is 11. The van der Waals surface area contributed by atoms with Crippen LogP contribution in [0.4, 0.5) is 5.69 Å². The number of carboxylic acids is 1. The molecule has 0 radical (unpaired) electrons. The quantitative estimate of drug-likeness (QED) is 0.331. The van der Waals surface area contributed by atoms with Gasteiger partial charge < -0.3 is 15.2 Å². The highest BCUT2D eigenvalue weighted by Crippen LogP contribution is 2.35. The van der Waals surface area contributed by atoms with Crippen LogP contribution in [0.15, 0.2) is 53.4 Å². The van der Waals surface area contributed by atoms with Gasteiger partial charge in [-0.3, -0.25) is 4.79 Å². The van der Waals surface area contributed by atoms with Gasteiger partial charge in [-0.1, -0.05) is 45.9 Å². The van der Waals surface area contributed by atoms with Crippen molar-refractivity contribution in [3.63, 3.8) is 0 Å². The van der Waals surface area contributed by atoms with E-state index in [0.717, 1.165) is 0 Å². The summed E-state index contributed by atoms with van der Waals surface area (Å²) in [5.74, 6) is -1.30. The van der Waals surface area contributed by atoms with Crippen molar-refractivity contribution in [1.29, 1.82) is 0 Å². The van der Waals surface area contributed by atoms with Crippen molar-refractivity contribution in [1.82, 2.24) is 14.5 Å². The molecule has 0 saturated carbocycles. The zero-order valence-corrected chi connectivity index (χ0v) is 22.3. The van der Waals surface area contributed by atoms with Crippen LogP contribution >= 0.6 is 0 Å². The molecule has 3 aromatic rings. The predicted octanol–water partition coefficient (Wildman–Crippen LogP) is 4.59. The Kier molecular flexibility index (Phi) is 8.72. The van der Waals surface area contributed by atoms with Gasteiger partial charge in [0.1, 0.15) is 10.6 Å². The Morgan fingerprint density at radius 3 is 2.32 bits per heavy atom. The van der Waals surface area contributed by atoms with E-state index in [-0.39, 0.29) is 58.5 Å². The maximum atomic E-state index is 13.3. The van der Waals surface area contributed by atoms with E-state index in [1.807, 2.05) is 27.7 Å². The smallest absolute Gasteiger partial charge is 0.356 e. The largest absolute Gasteiger partial charge is 0.476 e. The van der Waals surface area contributed by atoms with Gasteiger partial charge in [0.2, 0.25) is 21.8 Å². The number of sulfonamides is 1. The van der Waals surface area contributed by atoms with E-state index in [2.05, 4.69) is 15.1 Å². The summed E-state index contributed by atoms with van der Waals surface area (Å²) in [7, 11) is -4.06. The standard InChI is InChI=1S/C26H32N4O6S/c1-16(2)13-23(31)28-19-11-12-21(22(14-19)37(34,35)27-15-17(3)4)36-25-18(5)24(26(32)33)29-30(25)20-9-7-6-8-10-20/h6-12,14,16-17,27H,13,15H2,1-5H3,(H,28,31)(H,32,33). The number of carbonyl (C=O) groups excluding carboxylic acids is 1. The van der Waals surface area contributed by atoms with E-state index in [1.165, 1.54) is 29.8 Å². The Bertz CT molecular complexity index is 1380. The second-order valence-electron chi connectivity index (χ2n) is 9.49. The van der Waals surface area contributed by atoms with E-state index in [4.69, 9.17) is 4.74 Å². The molecule has 10 nitrogen and oxygen atoms in total. The third-order valence-electron chi connectivity index (χ3n) is 5.27. The van der Waals surface area contributed by atoms with Gasteiger partial charge in [0.15, 0.2) is 5.69 Å². The van der Waals surface area contributed by atoms with Gasteiger partial charge in [0, 0.05) is 24.2 Å². The lowest BCUT2D eigenvalue weighted by Gasteiger charge is -2.16. The monoisotopic (exact) mass is 528 g/mol. The Hall–Kier alpha value is -3.70. The summed E-state index contributed by atoms with van der Waals surface area (Å²) in [6, 6.07) is 13.1. The van der Waals surface area contributed by atoms with Crippen LogP contribution in [0.25, 0.3) is 5.69 Å². The summed E-state index contributed by atoms with van der Waals surface area (Å²) in [5.41, 5.74) is 0.832. The van der Waals surface area contributed by atoms with Crippen LogP contribution in [0.5, 0.6) is 11.6 Å². The second-order valence-corrected chi connectivity index (χ2v) is 11.2. The predicted molar refractivity (Wildman–Crippen MR) is 140 cm³/mol. The number of aromatic carboxylic acids is 1. The molecule has 0 aliphatic heterocycles. The van der Waals surface area contributed by atoms with E-state index < -0.39 is 16.0 Å². The minimum absolute atomic E-state index is 0.0461. The van der Waals surface area contributed by atoms with E-state index >= 15 is 0 Å². The molecule has 0 atom stereocenters. The number of carbonyl (C=O) groups is 2. The first-order chi connectivity index (χ1) is 17.4. The lowest BCUT2D eigenvalue weighted by atomic mass is 10.1. The van der Waals surface area contributed by atoms with Crippen molar-refractivity contribution in [2.75, 3.05) is 11.9 Å². The van der Waals surface area contributed by atoms with Crippen molar-refractivity contribution < 1.29 is 27.9 Å². The first-order valence-electron chi connectivity index (χ1n) is 11.9. The molecular weight excluding hydrogens is 496 g/mol. The number of nitrogens with zero attached hydrogens (tertiary/aromatic N) is 2. The van der Waals surface area contributed by atoms with Gasteiger partial charge in [-0.05, 0) is 49.1 Å². The van der Waals surface area contributed by atoms with Crippen LogP contribution in [0.1, 0.15) is 50.2 Å². The van der Waals surface area contributed by atoms with Crippen LogP contribution in [-0.4, -0.2) is 41.7 Å². The topological polar surface area (TPSA) is 140 Å². The molecule has 0 aliphatic rings. The average Bonchev–Trinajstić information content (AvgIpc) is 3.15. The van der Waals surface area contributed by atoms with Crippen molar-refractivity contribution in [3.05, 3.63) is 59.8 Å². The average molecular weight is 529 g/mol. The fraction of sp³-hybridized carbons (Fsp3) is 0.346. The number of anilines is 1. The van der Waals surface area contributed by atoms with Crippen LogP contribution < -0.4 is 14.8 Å². The van der Waals surface area contributed by atoms with Gasteiger partial charge in [0.25, 0.3) is 0 Å². The highest BCUT2D eigenvalue weighted by atomic mass is 32.2. The van der Waals surface area contributed by atoms with Gasteiger partial charge >= 0.3 is 5.97 Å². The minimum atomic E-state index is -4.06. The number of amides is 1. The molecule has 3 rings (SSSR count). The molecule has 3 N–H and O–H groups in total. The van der Waals surface area contributed by atoms with E-state index in [1.54, 1.807) is 30.3 Å². The Morgan fingerprint density at radius 2 is 1.73 bits per heavy atom.